The van der Waals surface area contributed by atoms with Crippen LogP contribution >= 0.6 is 0 Å². The van der Waals surface area contributed by atoms with Crippen molar-refractivity contribution in [1.82, 2.24) is 14.8 Å². The fourth-order valence-electron chi connectivity index (χ4n) is 6.72. The minimum absolute atomic E-state index is 0.0110. The molecule has 40 heavy (non-hydrogen) atoms. The number of aryl methyl sites for hydroxylation is 1. The van der Waals surface area contributed by atoms with Crippen LogP contribution in [0.1, 0.15) is 45.6 Å². The number of likely N-dealkylation sites (tertiary alicyclic amines) is 1. The SMILES string of the molecule is CC(C)(C)OC(=O)N1CCC[C@H]1C(=O)C(C1CCc2ccccc2N1)N1CCN(c2cccc3[nH]ccc23)CC1. The molecule has 3 aliphatic heterocycles. The number of carbonyl (C=O) groups excluding carboxylic acids is 2. The molecular formula is C32H41N5O3. The third kappa shape index (κ3) is 5.29. The Balaban J connectivity index is 1.24. The molecule has 2 aromatic carbocycles. The molecule has 2 unspecified atom stereocenters. The quantitative estimate of drug-likeness (QED) is 0.469. The number of Topliss-reactive ketones (excluding diaryl/α,β-unsaturated/α-hetero) is 1. The fourth-order valence-corrected chi connectivity index (χ4v) is 6.72. The average molecular weight is 544 g/mol. The number of rotatable bonds is 5. The number of aromatic amines is 1. The van der Waals surface area contributed by atoms with Crippen LogP contribution in [0, 0.1) is 0 Å². The number of benzene rings is 2. The van der Waals surface area contributed by atoms with Gasteiger partial charge in [0.15, 0.2) is 5.78 Å². The number of piperazine rings is 1. The van der Waals surface area contributed by atoms with Crippen LogP contribution in [0.3, 0.4) is 0 Å². The topological polar surface area (TPSA) is 80.9 Å². The fraction of sp³-hybridized carbons (Fsp3) is 0.500. The average Bonchev–Trinajstić information content (AvgIpc) is 3.63. The van der Waals surface area contributed by atoms with Crippen LogP contribution in [-0.4, -0.2) is 83.1 Å². The van der Waals surface area contributed by atoms with E-state index in [2.05, 4.69) is 62.6 Å². The Morgan fingerprint density at radius 2 is 1.75 bits per heavy atom. The number of nitrogens with zero attached hydrogens (tertiary/aromatic N) is 3. The number of nitrogens with one attached hydrogen (secondary N) is 2. The van der Waals surface area contributed by atoms with Crippen molar-refractivity contribution in [3.8, 4) is 0 Å². The van der Waals surface area contributed by atoms with Gasteiger partial charge in [0.2, 0.25) is 0 Å². The summed E-state index contributed by atoms with van der Waals surface area (Å²) in [6.45, 7) is 9.45. The van der Waals surface area contributed by atoms with E-state index in [9.17, 15) is 9.59 Å². The predicted molar refractivity (Wildman–Crippen MR) is 159 cm³/mol. The summed E-state index contributed by atoms with van der Waals surface area (Å²) < 4.78 is 5.71. The van der Waals surface area contributed by atoms with Crippen molar-refractivity contribution in [3.05, 3.63) is 60.3 Å². The van der Waals surface area contributed by atoms with Crippen LogP contribution in [0.2, 0.25) is 0 Å². The Morgan fingerprint density at radius 3 is 2.55 bits per heavy atom. The molecular weight excluding hydrogens is 502 g/mol. The lowest BCUT2D eigenvalue weighted by atomic mass is 9.87. The highest BCUT2D eigenvalue weighted by Gasteiger charge is 2.45. The molecule has 3 atom stereocenters. The molecule has 1 aromatic heterocycles. The number of aromatic nitrogens is 1. The minimum Gasteiger partial charge on any atom is -0.444 e. The van der Waals surface area contributed by atoms with E-state index in [4.69, 9.17) is 4.74 Å². The van der Waals surface area contributed by atoms with Gasteiger partial charge in [0.25, 0.3) is 0 Å². The van der Waals surface area contributed by atoms with E-state index in [1.165, 1.54) is 16.6 Å². The summed E-state index contributed by atoms with van der Waals surface area (Å²) in [6, 6.07) is 16.1. The summed E-state index contributed by atoms with van der Waals surface area (Å²) in [5, 5.41) is 4.96. The second-order valence-electron chi connectivity index (χ2n) is 12.4. The maximum absolute atomic E-state index is 14.5. The smallest absolute Gasteiger partial charge is 0.410 e. The van der Waals surface area contributed by atoms with E-state index in [1.807, 2.05) is 33.0 Å². The van der Waals surface area contributed by atoms with Gasteiger partial charge in [-0.25, -0.2) is 4.79 Å². The van der Waals surface area contributed by atoms with Crippen molar-refractivity contribution in [1.29, 1.82) is 0 Å². The molecule has 0 spiro atoms. The highest BCUT2D eigenvalue weighted by molar-refractivity contribution is 5.94. The first kappa shape index (κ1) is 26.7. The summed E-state index contributed by atoms with van der Waals surface area (Å²) in [5.41, 5.74) is 4.19. The second kappa shape index (κ2) is 10.8. The lowest BCUT2D eigenvalue weighted by Crippen LogP contribution is -2.62. The summed E-state index contributed by atoms with van der Waals surface area (Å²) in [4.78, 5) is 37.4. The molecule has 212 valence electrons. The number of para-hydroxylation sites is 1. The van der Waals surface area contributed by atoms with Crippen molar-refractivity contribution in [3.63, 3.8) is 0 Å². The molecule has 2 N–H and O–H groups in total. The summed E-state index contributed by atoms with van der Waals surface area (Å²) in [5.74, 6) is 0.140. The maximum atomic E-state index is 14.5. The summed E-state index contributed by atoms with van der Waals surface area (Å²) >= 11 is 0. The van der Waals surface area contributed by atoms with Crippen molar-refractivity contribution in [2.45, 2.75) is 70.2 Å². The third-order valence-corrected chi connectivity index (χ3v) is 8.59. The van der Waals surface area contributed by atoms with Crippen LogP contribution in [0.15, 0.2) is 54.7 Å². The van der Waals surface area contributed by atoms with Crippen LogP contribution in [0.4, 0.5) is 16.2 Å². The van der Waals surface area contributed by atoms with Crippen LogP contribution < -0.4 is 10.2 Å². The van der Waals surface area contributed by atoms with Gasteiger partial charge >= 0.3 is 6.09 Å². The zero-order chi connectivity index (χ0) is 27.9. The zero-order valence-electron chi connectivity index (χ0n) is 23.9. The summed E-state index contributed by atoms with van der Waals surface area (Å²) in [7, 11) is 0. The molecule has 0 saturated carbocycles. The molecule has 1 amide bonds. The van der Waals surface area contributed by atoms with Gasteiger partial charge in [-0.2, -0.15) is 0 Å². The number of H-pyrrole nitrogens is 1. The second-order valence-corrected chi connectivity index (χ2v) is 12.4. The molecule has 2 fully saturated rings. The normalized spacial score (nSPS) is 22.6. The molecule has 2 saturated heterocycles. The van der Waals surface area contributed by atoms with Gasteiger partial charge in [-0.05, 0) is 76.3 Å². The van der Waals surface area contributed by atoms with Gasteiger partial charge in [0.05, 0.1) is 12.1 Å². The highest BCUT2D eigenvalue weighted by atomic mass is 16.6. The number of anilines is 2. The van der Waals surface area contributed by atoms with E-state index < -0.39 is 11.6 Å². The number of amides is 1. The molecule has 8 nitrogen and oxygen atoms in total. The van der Waals surface area contributed by atoms with Crippen LogP contribution in [0.25, 0.3) is 10.9 Å². The molecule has 0 radical (unpaired) electrons. The number of hydrogen-bond donors (Lipinski definition) is 2. The molecule has 0 bridgehead atoms. The largest absolute Gasteiger partial charge is 0.444 e. The first-order valence-electron chi connectivity index (χ1n) is 14.7. The standard InChI is InChI=1S/C32H41N5O3/c1-32(2,3)40-31(39)37-17-7-12-28(37)30(38)29(26-14-13-22-8-4-5-9-24(22)34-26)36-20-18-35(19-21-36)27-11-6-10-25-23(27)15-16-33-25/h4-6,8-11,15-16,26,28-29,33-34H,7,12-14,17-21H2,1-3H3/t26?,28-,29?/m0/s1. The Morgan fingerprint density at radius 1 is 0.950 bits per heavy atom. The van der Waals surface area contributed by atoms with E-state index in [0.29, 0.717) is 13.0 Å². The number of ketones is 1. The Hall–Kier alpha value is -3.52. The van der Waals surface area contributed by atoms with Gasteiger partial charge in [-0.3, -0.25) is 14.6 Å². The third-order valence-electron chi connectivity index (χ3n) is 8.59. The lowest BCUT2D eigenvalue weighted by molar-refractivity contribution is -0.129. The van der Waals surface area contributed by atoms with E-state index in [1.54, 1.807) is 4.90 Å². The van der Waals surface area contributed by atoms with Gasteiger partial charge in [0, 0.05) is 67.2 Å². The van der Waals surface area contributed by atoms with E-state index >= 15 is 0 Å². The van der Waals surface area contributed by atoms with Crippen molar-refractivity contribution in [2.75, 3.05) is 42.9 Å². The first-order valence-corrected chi connectivity index (χ1v) is 14.7. The first-order chi connectivity index (χ1) is 19.3. The van der Waals surface area contributed by atoms with Gasteiger partial charge < -0.3 is 19.9 Å². The predicted octanol–water partition coefficient (Wildman–Crippen LogP) is 5.05. The highest BCUT2D eigenvalue weighted by Crippen LogP contribution is 2.32. The minimum atomic E-state index is -0.597. The molecule has 3 aromatic rings. The monoisotopic (exact) mass is 543 g/mol. The molecule has 0 aliphatic carbocycles. The summed E-state index contributed by atoms with van der Waals surface area (Å²) in [6.07, 6.45) is 4.94. The van der Waals surface area contributed by atoms with Gasteiger partial charge in [-0.1, -0.05) is 24.3 Å². The Labute approximate surface area is 236 Å². The van der Waals surface area contributed by atoms with Crippen molar-refractivity contribution in [2.24, 2.45) is 0 Å². The number of ether oxygens (including phenoxy) is 1. The maximum Gasteiger partial charge on any atom is 0.410 e. The van der Waals surface area contributed by atoms with Crippen molar-refractivity contribution < 1.29 is 14.3 Å². The van der Waals surface area contributed by atoms with Crippen LogP contribution in [-0.2, 0) is 16.0 Å². The number of fused-ring (bicyclic) bond motifs is 2. The zero-order valence-corrected chi connectivity index (χ0v) is 23.9. The van der Waals surface area contributed by atoms with Crippen LogP contribution in [0.5, 0.6) is 0 Å². The molecule has 4 heterocycles. The molecule has 8 heteroatoms. The van der Waals surface area contributed by atoms with Gasteiger partial charge in [0.1, 0.15) is 5.60 Å². The van der Waals surface area contributed by atoms with E-state index in [0.717, 1.165) is 56.6 Å². The Bertz CT molecular complexity index is 1370. The van der Waals surface area contributed by atoms with Gasteiger partial charge in [-0.15, -0.1) is 0 Å². The Kier molecular flexibility index (Phi) is 7.21. The number of hydrogen-bond acceptors (Lipinski definition) is 6. The lowest BCUT2D eigenvalue weighted by Gasteiger charge is -2.45. The molecule has 6 rings (SSSR count). The van der Waals surface area contributed by atoms with Crippen molar-refractivity contribution >= 4 is 34.2 Å². The van der Waals surface area contributed by atoms with E-state index in [-0.39, 0.29) is 24.0 Å². The number of carbonyl (C=O) groups is 2. The molecule has 3 aliphatic rings.